The van der Waals surface area contributed by atoms with Gasteiger partial charge in [-0.2, -0.15) is 4.98 Å². The van der Waals surface area contributed by atoms with Crippen molar-refractivity contribution in [1.29, 1.82) is 0 Å². The van der Waals surface area contributed by atoms with E-state index in [1.54, 1.807) is 0 Å². The zero-order valence-corrected chi connectivity index (χ0v) is 10.00. The van der Waals surface area contributed by atoms with Crippen molar-refractivity contribution in [1.82, 2.24) is 15.3 Å². The Labute approximate surface area is 101 Å². The summed E-state index contributed by atoms with van der Waals surface area (Å²) in [7, 11) is 0. The topological polar surface area (TPSA) is 75.9 Å². The number of nitrogens with two attached hydrogens (primary N) is 1. The molecule has 1 aromatic rings. The highest BCUT2D eigenvalue weighted by atomic mass is 15.1. The van der Waals surface area contributed by atoms with Crippen molar-refractivity contribution < 1.29 is 0 Å². The maximum Gasteiger partial charge on any atom is 0.224 e. The second-order valence-electron chi connectivity index (χ2n) is 4.93. The molecule has 2 heterocycles. The molecule has 2 aliphatic rings. The zero-order chi connectivity index (χ0) is 11.7. The first-order chi connectivity index (χ1) is 8.33. The van der Waals surface area contributed by atoms with Crippen LogP contribution in [0.1, 0.15) is 24.1 Å². The lowest BCUT2D eigenvalue weighted by molar-refractivity contribution is 0.708. The standard InChI is InChI=1S/C12H19N5/c13-11-9-3-5-14-6-4-10(9)16-12(17-11)15-7-8-1-2-8/h8,14H,1-7H2,(H3,13,15,16,17). The Bertz CT molecular complexity index is 414. The highest BCUT2D eigenvalue weighted by molar-refractivity contribution is 5.48. The molecule has 0 bridgehead atoms. The minimum absolute atomic E-state index is 0.650. The van der Waals surface area contributed by atoms with Crippen LogP contribution in [0.5, 0.6) is 0 Å². The Balaban J connectivity index is 1.80. The predicted molar refractivity (Wildman–Crippen MR) is 67.9 cm³/mol. The Morgan fingerprint density at radius 1 is 1.24 bits per heavy atom. The fraction of sp³-hybridized carbons (Fsp3) is 0.667. The van der Waals surface area contributed by atoms with Crippen LogP contribution < -0.4 is 16.4 Å². The van der Waals surface area contributed by atoms with Crippen molar-refractivity contribution >= 4 is 11.8 Å². The highest BCUT2D eigenvalue weighted by Gasteiger charge is 2.21. The number of hydrogen-bond donors (Lipinski definition) is 3. The summed E-state index contributed by atoms with van der Waals surface area (Å²) >= 11 is 0. The van der Waals surface area contributed by atoms with Gasteiger partial charge in [0.05, 0.1) is 5.69 Å². The monoisotopic (exact) mass is 233 g/mol. The molecule has 3 rings (SSSR count). The van der Waals surface area contributed by atoms with Crippen molar-refractivity contribution in [2.75, 3.05) is 30.7 Å². The molecule has 92 valence electrons. The molecule has 1 saturated carbocycles. The Morgan fingerprint density at radius 2 is 2.06 bits per heavy atom. The van der Waals surface area contributed by atoms with Crippen LogP contribution in [0.3, 0.4) is 0 Å². The maximum atomic E-state index is 6.01. The summed E-state index contributed by atoms with van der Waals surface area (Å²) in [5.41, 5.74) is 8.26. The van der Waals surface area contributed by atoms with E-state index in [4.69, 9.17) is 5.73 Å². The molecule has 17 heavy (non-hydrogen) atoms. The maximum absolute atomic E-state index is 6.01. The van der Waals surface area contributed by atoms with Crippen molar-refractivity contribution in [3.63, 3.8) is 0 Å². The van der Waals surface area contributed by atoms with Gasteiger partial charge in [0.2, 0.25) is 5.95 Å². The quantitative estimate of drug-likeness (QED) is 0.711. The molecule has 0 radical (unpaired) electrons. The molecular formula is C12H19N5. The van der Waals surface area contributed by atoms with Crippen molar-refractivity contribution in [2.45, 2.75) is 25.7 Å². The SMILES string of the molecule is Nc1nc(NCC2CC2)nc2c1CCNCC2. The Kier molecular flexibility index (Phi) is 2.84. The normalized spacial score (nSPS) is 19.5. The van der Waals surface area contributed by atoms with Gasteiger partial charge >= 0.3 is 0 Å². The van der Waals surface area contributed by atoms with Gasteiger partial charge in [0.15, 0.2) is 0 Å². The smallest absolute Gasteiger partial charge is 0.224 e. The number of nitrogen functional groups attached to an aromatic ring is 1. The third-order valence-electron chi connectivity index (χ3n) is 3.46. The van der Waals surface area contributed by atoms with Gasteiger partial charge in [-0.15, -0.1) is 0 Å². The number of aromatic nitrogens is 2. The lowest BCUT2D eigenvalue weighted by Gasteiger charge is -2.10. The van der Waals surface area contributed by atoms with E-state index in [-0.39, 0.29) is 0 Å². The van der Waals surface area contributed by atoms with Gasteiger partial charge in [-0.25, -0.2) is 4.98 Å². The first-order valence-corrected chi connectivity index (χ1v) is 6.43. The summed E-state index contributed by atoms with van der Waals surface area (Å²) in [5.74, 6) is 2.17. The van der Waals surface area contributed by atoms with Crippen LogP contribution in [0.25, 0.3) is 0 Å². The third kappa shape index (κ3) is 2.49. The van der Waals surface area contributed by atoms with Crippen LogP contribution >= 0.6 is 0 Å². The van der Waals surface area contributed by atoms with E-state index in [0.717, 1.165) is 49.7 Å². The summed E-state index contributed by atoms with van der Waals surface area (Å²) in [6, 6.07) is 0. The van der Waals surface area contributed by atoms with Gasteiger partial charge in [-0.3, -0.25) is 0 Å². The molecule has 0 spiro atoms. The van der Waals surface area contributed by atoms with Gasteiger partial charge in [0.1, 0.15) is 5.82 Å². The van der Waals surface area contributed by atoms with E-state index < -0.39 is 0 Å². The predicted octanol–water partition coefficient (Wildman–Crippen LogP) is 0.569. The average Bonchev–Trinajstić information content (AvgIpc) is 3.13. The number of hydrogen-bond acceptors (Lipinski definition) is 5. The third-order valence-corrected chi connectivity index (χ3v) is 3.46. The molecule has 1 aliphatic carbocycles. The Morgan fingerprint density at radius 3 is 2.88 bits per heavy atom. The second-order valence-corrected chi connectivity index (χ2v) is 4.93. The number of anilines is 2. The minimum Gasteiger partial charge on any atom is -0.383 e. The lowest BCUT2D eigenvalue weighted by atomic mass is 10.1. The van der Waals surface area contributed by atoms with Gasteiger partial charge < -0.3 is 16.4 Å². The van der Waals surface area contributed by atoms with Gasteiger partial charge in [-0.05, 0) is 31.7 Å². The van der Waals surface area contributed by atoms with E-state index in [1.807, 2.05) is 0 Å². The van der Waals surface area contributed by atoms with E-state index in [9.17, 15) is 0 Å². The fourth-order valence-corrected chi connectivity index (χ4v) is 2.21. The molecule has 1 aliphatic heterocycles. The molecule has 4 N–H and O–H groups in total. The van der Waals surface area contributed by atoms with Crippen LogP contribution in [0.4, 0.5) is 11.8 Å². The number of rotatable bonds is 3. The van der Waals surface area contributed by atoms with E-state index in [2.05, 4.69) is 20.6 Å². The summed E-state index contributed by atoms with van der Waals surface area (Å²) < 4.78 is 0. The molecule has 0 amide bonds. The summed E-state index contributed by atoms with van der Waals surface area (Å²) in [6.45, 7) is 2.93. The molecule has 0 aromatic carbocycles. The highest BCUT2D eigenvalue weighted by Crippen LogP contribution is 2.28. The van der Waals surface area contributed by atoms with E-state index in [1.165, 1.54) is 12.8 Å². The summed E-state index contributed by atoms with van der Waals surface area (Å²) in [4.78, 5) is 8.95. The molecular weight excluding hydrogens is 214 g/mol. The largest absolute Gasteiger partial charge is 0.383 e. The molecule has 5 nitrogen and oxygen atoms in total. The van der Waals surface area contributed by atoms with Crippen molar-refractivity contribution in [3.05, 3.63) is 11.3 Å². The average molecular weight is 233 g/mol. The van der Waals surface area contributed by atoms with Crippen molar-refractivity contribution in [3.8, 4) is 0 Å². The number of nitrogens with one attached hydrogen (secondary N) is 2. The Hall–Kier alpha value is -1.36. The first kappa shape index (κ1) is 10.8. The molecule has 1 fully saturated rings. The van der Waals surface area contributed by atoms with Crippen LogP contribution in [-0.2, 0) is 12.8 Å². The second kappa shape index (κ2) is 4.49. The van der Waals surface area contributed by atoms with Crippen LogP contribution in [0.15, 0.2) is 0 Å². The van der Waals surface area contributed by atoms with Crippen LogP contribution in [-0.4, -0.2) is 29.6 Å². The molecule has 0 atom stereocenters. The van der Waals surface area contributed by atoms with Crippen LogP contribution in [0.2, 0.25) is 0 Å². The zero-order valence-electron chi connectivity index (χ0n) is 10.00. The van der Waals surface area contributed by atoms with Crippen LogP contribution in [0, 0.1) is 5.92 Å². The van der Waals surface area contributed by atoms with E-state index >= 15 is 0 Å². The van der Waals surface area contributed by atoms with Gasteiger partial charge in [-0.1, -0.05) is 0 Å². The van der Waals surface area contributed by atoms with E-state index in [0.29, 0.717) is 11.8 Å². The van der Waals surface area contributed by atoms with Gasteiger partial charge in [0, 0.05) is 25.1 Å². The van der Waals surface area contributed by atoms with Crippen molar-refractivity contribution in [2.24, 2.45) is 5.92 Å². The van der Waals surface area contributed by atoms with Gasteiger partial charge in [0.25, 0.3) is 0 Å². The number of fused-ring (bicyclic) bond motifs is 1. The molecule has 5 heteroatoms. The first-order valence-electron chi connectivity index (χ1n) is 6.43. The number of nitrogens with zero attached hydrogens (tertiary/aromatic N) is 2. The lowest BCUT2D eigenvalue weighted by Crippen LogP contribution is -2.16. The molecule has 1 aromatic heterocycles. The molecule has 0 unspecified atom stereocenters. The minimum atomic E-state index is 0.650. The molecule has 0 saturated heterocycles. The fourth-order valence-electron chi connectivity index (χ4n) is 2.21. The summed E-state index contributed by atoms with van der Waals surface area (Å²) in [5, 5.41) is 6.65. The summed E-state index contributed by atoms with van der Waals surface area (Å²) in [6.07, 6.45) is 4.54.